The van der Waals surface area contributed by atoms with Gasteiger partial charge in [-0.25, -0.2) is 4.39 Å². The predicted octanol–water partition coefficient (Wildman–Crippen LogP) is 3.79. The molecule has 1 aliphatic rings. The van der Waals surface area contributed by atoms with Gasteiger partial charge in [0.2, 0.25) is 0 Å². The van der Waals surface area contributed by atoms with E-state index in [1.807, 2.05) is 12.1 Å². The number of benzene rings is 2. The summed E-state index contributed by atoms with van der Waals surface area (Å²) in [6.45, 7) is 1.52. The van der Waals surface area contributed by atoms with Gasteiger partial charge in [0.15, 0.2) is 5.78 Å². The van der Waals surface area contributed by atoms with E-state index >= 15 is 0 Å². The van der Waals surface area contributed by atoms with Crippen molar-refractivity contribution in [2.24, 2.45) is 4.99 Å². The first kappa shape index (κ1) is 21.1. The fourth-order valence-electron chi connectivity index (χ4n) is 3.40. The number of nitrogens with one attached hydrogen (secondary N) is 1. The zero-order chi connectivity index (χ0) is 21.5. The summed E-state index contributed by atoms with van der Waals surface area (Å²) in [6, 6.07) is 16.1. The number of nitriles is 1. The molecule has 0 aromatic heterocycles. The molecule has 5 nitrogen and oxygen atoms in total. The lowest BCUT2D eigenvalue weighted by Crippen LogP contribution is -2.34. The summed E-state index contributed by atoms with van der Waals surface area (Å²) in [6.07, 6.45) is 2.75. The van der Waals surface area contributed by atoms with E-state index < -0.39 is 18.5 Å². The molecule has 1 N–H and O–H groups in total. The van der Waals surface area contributed by atoms with Gasteiger partial charge in [-0.1, -0.05) is 36.4 Å². The van der Waals surface area contributed by atoms with Crippen LogP contribution in [0, 0.1) is 11.3 Å². The molecule has 152 valence electrons. The first-order chi connectivity index (χ1) is 14.5. The second-order valence-electron chi connectivity index (χ2n) is 7.16. The predicted molar refractivity (Wildman–Crippen MR) is 113 cm³/mol. The topological polar surface area (TPSA) is 82.3 Å². The minimum absolute atomic E-state index is 0.00891. The van der Waals surface area contributed by atoms with Crippen molar-refractivity contribution >= 4 is 17.4 Å². The van der Waals surface area contributed by atoms with Crippen molar-refractivity contribution in [3.8, 4) is 6.07 Å². The molecule has 0 radical (unpaired) electrons. The Bertz CT molecular complexity index is 1050. The number of rotatable bonds is 7. The number of halogens is 1. The number of alkyl halides is 1. The molecule has 1 atom stereocenters. The van der Waals surface area contributed by atoms with E-state index in [1.165, 1.54) is 6.20 Å². The van der Waals surface area contributed by atoms with E-state index in [2.05, 4.69) is 16.4 Å². The zero-order valence-electron chi connectivity index (χ0n) is 16.7. The molecule has 0 aliphatic carbocycles. The summed E-state index contributed by atoms with van der Waals surface area (Å²) >= 11 is 0. The molecule has 2 aromatic carbocycles. The van der Waals surface area contributed by atoms with E-state index in [4.69, 9.17) is 5.26 Å². The second kappa shape index (κ2) is 9.75. The number of hydrogen-bond donors (Lipinski definition) is 1. The summed E-state index contributed by atoms with van der Waals surface area (Å²) in [4.78, 5) is 29.7. The minimum Gasteiger partial charge on any atom is -0.352 e. The molecule has 0 fully saturated rings. The molecule has 30 heavy (non-hydrogen) atoms. The summed E-state index contributed by atoms with van der Waals surface area (Å²) in [5.74, 6) is -1.47. The molecular formula is C24H22FN3O2. The third-order valence-electron chi connectivity index (χ3n) is 5.04. The number of aliphatic imine (C=N–C) groups is 1. The number of nitrogens with zero attached hydrogens (tertiary/aromatic N) is 2. The normalized spacial score (nSPS) is 15.8. The standard InChI is InChI=1S/C24H22FN3O2/c1-16-22(20-6-2-4-19(12-20)13-25)23(29)21(15-28-16)24(30)27-11-3-5-17-7-9-18(14-26)10-8-17/h2,4,6-10,12,15,22H,3,5,11,13H2,1H3,(H,27,30). The zero-order valence-corrected chi connectivity index (χ0v) is 16.7. The molecule has 2 aromatic rings. The molecule has 3 rings (SSSR count). The van der Waals surface area contributed by atoms with Crippen molar-refractivity contribution < 1.29 is 14.0 Å². The highest BCUT2D eigenvalue weighted by Gasteiger charge is 2.32. The Morgan fingerprint density at radius 2 is 1.97 bits per heavy atom. The quantitative estimate of drug-likeness (QED) is 0.564. The number of ketones is 1. The first-order valence-electron chi connectivity index (χ1n) is 9.74. The van der Waals surface area contributed by atoms with Gasteiger partial charge in [0, 0.05) is 18.5 Å². The summed E-state index contributed by atoms with van der Waals surface area (Å²) in [5.41, 5.74) is 3.39. The van der Waals surface area contributed by atoms with Crippen molar-refractivity contribution in [2.45, 2.75) is 32.4 Å². The Hall–Kier alpha value is -3.59. The smallest absolute Gasteiger partial charge is 0.256 e. The average molecular weight is 403 g/mol. The fourth-order valence-corrected chi connectivity index (χ4v) is 3.40. The Kier molecular flexibility index (Phi) is 6.87. The lowest BCUT2D eigenvalue weighted by molar-refractivity contribution is -0.122. The molecule has 0 spiro atoms. The molecule has 0 bridgehead atoms. The molecule has 1 heterocycles. The van der Waals surface area contributed by atoms with Gasteiger partial charge >= 0.3 is 0 Å². The van der Waals surface area contributed by atoms with E-state index in [-0.39, 0.29) is 11.4 Å². The third-order valence-corrected chi connectivity index (χ3v) is 5.04. The van der Waals surface area contributed by atoms with Crippen LogP contribution in [-0.2, 0) is 22.7 Å². The van der Waals surface area contributed by atoms with E-state index in [0.717, 1.165) is 12.0 Å². The van der Waals surface area contributed by atoms with Crippen LogP contribution >= 0.6 is 0 Å². The molecule has 0 saturated carbocycles. The number of carbonyl (C=O) groups is 2. The van der Waals surface area contributed by atoms with Crippen LogP contribution in [0.2, 0.25) is 0 Å². The number of hydrogen-bond acceptors (Lipinski definition) is 4. The van der Waals surface area contributed by atoms with E-state index in [1.54, 1.807) is 43.3 Å². The van der Waals surface area contributed by atoms with Crippen molar-refractivity contribution in [3.05, 3.63) is 82.6 Å². The van der Waals surface area contributed by atoms with Crippen LogP contribution in [0.3, 0.4) is 0 Å². The summed E-state index contributed by atoms with van der Waals surface area (Å²) < 4.78 is 13.0. The monoisotopic (exact) mass is 403 g/mol. The van der Waals surface area contributed by atoms with Gasteiger partial charge in [-0.3, -0.25) is 14.6 Å². The lowest BCUT2D eigenvalue weighted by atomic mass is 9.85. The highest BCUT2D eigenvalue weighted by Crippen LogP contribution is 2.27. The van der Waals surface area contributed by atoms with Gasteiger partial charge in [-0.05, 0) is 48.6 Å². The van der Waals surface area contributed by atoms with Gasteiger partial charge in [-0.15, -0.1) is 0 Å². The molecular weight excluding hydrogens is 381 g/mol. The Morgan fingerprint density at radius 3 is 2.67 bits per heavy atom. The van der Waals surface area contributed by atoms with E-state index in [0.29, 0.717) is 35.4 Å². The minimum atomic E-state index is -0.680. The van der Waals surface area contributed by atoms with Crippen LogP contribution in [0.15, 0.2) is 65.3 Å². The Morgan fingerprint density at radius 1 is 1.20 bits per heavy atom. The van der Waals surface area contributed by atoms with Crippen molar-refractivity contribution in [3.63, 3.8) is 0 Å². The van der Waals surface area contributed by atoms with Gasteiger partial charge < -0.3 is 5.32 Å². The van der Waals surface area contributed by atoms with Crippen LogP contribution in [0.1, 0.15) is 41.5 Å². The molecule has 1 amide bonds. The van der Waals surface area contributed by atoms with Crippen molar-refractivity contribution in [1.29, 1.82) is 5.26 Å². The molecule has 1 aliphatic heterocycles. The number of carbonyl (C=O) groups excluding carboxylic acids is 2. The number of aryl methyl sites for hydroxylation is 1. The van der Waals surface area contributed by atoms with Crippen molar-refractivity contribution in [2.75, 3.05) is 6.54 Å². The van der Waals surface area contributed by atoms with Crippen LogP contribution in [-0.4, -0.2) is 23.9 Å². The Balaban J connectivity index is 1.60. The van der Waals surface area contributed by atoms with E-state index in [9.17, 15) is 14.0 Å². The van der Waals surface area contributed by atoms with Gasteiger partial charge in [0.1, 0.15) is 12.2 Å². The highest BCUT2D eigenvalue weighted by molar-refractivity contribution is 6.28. The fraction of sp³-hybridized carbons (Fsp3) is 0.250. The van der Waals surface area contributed by atoms with Gasteiger partial charge in [0.25, 0.3) is 5.91 Å². The van der Waals surface area contributed by atoms with Crippen LogP contribution in [0.4, 0.5) is 4.39 Å². The Labute approximate surface area is 174 Å². The number of Topliss-reactive ketones (excluding diaryl/α,β-unsaturated/α-hetero) is 1. The maximum Gasteiger partial charge on any atom is 0.256 e. The summed E-state index contributed by atoms with van der Waals surface area (Å²) in [7, 11) is 0. The maximum absolute atomic E-state index is 13.0. The van der Waals surface area contributed by atoms with Crippen LogP contribution in [0.5, 0.6) is 0 Å². The SMILES string of the molecule is CC1=NC=C(C(=O)NCCCc2ccc(C#N)cc2)C(=O)C1c1cccc(CF)c1. The first-order valence-corrected chi connectivity index (χ1v) is 9.74. The molecule has 0 saturated heterocycles. The maximum atomic E-state index is 13.0. The second-order valence-corrected chi connectivity index (χ2v) is 7.16. The average Bonchev–Trinajstić information content (AvgIpc) is 2.77. The van der Waals surface area contributed by atoms with Crippen LogP contribution in [0.25, 0.3) is 0 Å². The van der Waals surface area contributed by atoms with Gasteiger partial charge in [-0.2, -0.15) is 5.26 Å². The third kappa shape index (κ3) is 4.87. The number of amides is 1. The highest BCUT2D eigenvalue weighted by atomic mass is 19.1. The van der Waals surface area contributed by atoms with Gasteiger partial charge in [0.05, 0.1) is 17.6 Å². The van der Waals surface area contributed by atoms with Crippen molar-refractivity contribution in [1.82, 2.24) is 5.32 Å². The molecule has 6 heteroatoms. The summed E-state index contributed by atoms with van der Waals surface area (Å²) in [5, 5.41) is 11.6. The van der Waals surface area contributed by atoms with Crippen LogP contribution < -0.4 is 5.32 Å². The largest absolute Gasteiger partial charge is 0.352 e. The molecule has 1 unspecified atom stereocenters. The lowest BCUT2D eigenvalue weighted by Gasteiger charge is -2.21.